The molecule has 28 heavy (non-hydrogen) atoms. The Hall–Kier alpha value is -2.83. The summed E-state index contributed by atoms with van der Waals surface area (Å²) >= 11 is 5.80. The fraction of sp³-hybridized carbons (Fsp3) is 0.0952. The molecular formula is C21H19ClN2O3S. The SMILES string of the molecule is CCc1ccc(NC(=O)c2cccc(NS(=O)(=O)c3ccc(Cl)cc3)c2)cc1. The summed E-state index contributed by atoms with van der Waals surface area (Å²) in [6, 6.07) is 19.7. The minimum Gasteiger partial charge on any atom is -0.322 e. The molecule has 0 atom stereocenters. The number of anilines is 2. The Morgan fingerprint density at radius 2 is 1.61 bits per heavy atom. The van der Waals surface area contributed by atoms with Crippen LogP contribution in [0.1, 0.15) is 22.8 Å². The zero-order valence-electron chi connectivity index (χ0n) is 15.1. The van der Waals surface area contributed by atoms with Gasteiger partial charge in [-0.2, -0.15) is 0 Å². The van der Waals surface area contributed by atoms with Crippen LogP contribution in [0, 0.1) is 0 Å². The number of carbonyl (C=O) groups is 1. The Labute approximate surface area is 169 Å². The van der Waals surface area contributed by atoms with Crippen molar-refractivity contribution in [3.05, 3.63) is 88.9 Å². The molecule has 0 saturated carbocycles. The molecule has 0 fully saturated rings. The normalized spacial score (nSPS) is 11.1. The van der Waals surface area contributed by atoms with E-state index in [9.17, 15) is 13.2 Å². The van der Waals surface area contributed by atoms with Crippen LogP contribution in [-0.2, 0) is 16.4 Å². The molecule has 0 spiro atoms. The van der Waals surface area contributed by atoms with Gasteiger partial charge in [-0.3, -0.25) is 9.52 Å². The fourth-order valence-corrected chi connectivity index (χ4v) is 3.75. The third-order valence-electron chi connectivity index (χ3n) is 4.12. The van der Waals surface area contributed by atoms with Gasteiger partial charge in [0, 0.05) is 22.0 Å². The number of hydrogen-bond donors (Lipinski definition) is 2. The van der Waals surface area contributed by atoms with E-state index < -0.39 is 10.0 Å². The van der Waals surface area contributed by atoms with Gasteiger partial charge in [0.25, 0.3) is 15.9 Å². The summed E-state index contributed by atoms with van der Waals surface area (Å²) in [6.45, 7) is 2.06. The van der Waals surface area contributed by atoms with Crippen LogP contribution >= 0.6 is 11.6 Å². The summed E-state index contributed by atoms with van der Waals surface area (Å²) in [5, 5.41) is 3.26. The largest absolute Gasteiger partial charge is 0.322 e. The van der Waals surface area contributed by atoms with E-state index in [0.29, 0.717) is 22.0 Å². The molecule has 1 amide bonds. The van der Waals surface area contributed by atoms with Crippen LogP contribution in [0.25, 0.3) is 0 Å². The van der Waals surface area contributed by atoms with Crippen molar-refractivity contribution in [2.24, 2.45) is 0 Å². The van der Waals surface area contributed by atoms with Crippen LogP contribution in [0.15, 0.2) is 77.7 Å². The Kier molecular flexibility index (Phi) is 6.02. The standard InChI is InChI=1S/C21H19ClN2O3S/c1-2-15-6-10-18(11-7-15)23-21(25)16-4-3-5-19(14-16)24-28(26,27)20-12-8-17(22)9-13-20/h3-14,24H,2H2,1H3,(H,23,25). The second-order valence-electron chi connectivity index (χ2n) is 6.14. The second kappa shape index (κ2) is 8.46. The van der Waals surface area contributed by atoms with E-state index in [-0.39, 0.29) is 10.8 Å². The predicted molar refractivity (Wildman–Crippen MR) is 112 cm³/mol. The number of rotatable bonds is 6. The Balaban J connectivity index is 1.75. The van der Waals surface area contributed by atoms with Crippen molar-refractivity contribution in [2.45, 2.75) is 18.2 Å². The van der Waals surface area contributed by atoms with Gasteiger partial charge in [0.1, 0.15) is 0 Å². The number of carbonyl (C=O) groups excluding carboxylic acids is 1. The minimum absolute atomic E-state index is 0.0859. The van der Waals surface area contributed by atoms with Gasteiger partial charge in [0.05, 0.1) is 4.90 Å². The number of halogens is 1. The van der Waals surface area contributed by atoms with E-state index in [1.54, 1.807) is 18.2 Å². The molecule has 7 heteroatoms. The predicted octanol–water partition coefficient (Wildman–Crippen LogP) is 4.96. The molecule has 0 unspecified atom stereocenters. The van der Waals surface area contributed by atoms with Crippen molar-refractivity contribution >= 4 is 38.9 Å². The molecule has 5 nitrogen and oxygen atoms in total. The average Bonchev–Trinajstić information content (AvgIpc) is 2.69. The molecule has 0 aliphatic carbocycles. The van der Waals surface area contributed by atoms with Crippen molar-refractivity contribution in [2.75, 3.05) is 10.0 Å². The molecule has 3 aromatic carbocycles. The van der Waals surface area contributed by atoms with E-state index in [4.69, 9.17) is 11.6 Å². The Morgan fingerprint density at radius 3 is 2.25 bits per heavy atom. The van der Waals surface area contributed by atoms with Crippen LogP contribution in [0.4, 0.5) is 11.4 Å². The van der Waals surface area contributed by atoms with Crippen LogP contribution in [-0.4, -0.2) is 14.3 Å². The number of hydrogen-bond acceptors (Lipinski definition) is 3. The molecule has 0 saturated heterocycles. The molecule has 2 N–H and O–H groups in total. The fourth-order valence-electron chi connectivity index (χ4n) is 2.58. The number of amides is 1. The molecule has 0 heterocycles. The molecule has 0 radical (unpaired) electrons. The summed E-state index contributed by atoms with van der Waals surface area (Å²) in [5.41, 5.74) is 2.49. The van der Waals surface area contributed by atoms with Gasteiger partial charge < -0.3 is 5.32 Å². The smallest absolute Gasteiger partial charge is 0.261 e. The van der Waals surface area contributed by atoms with E-state index in [2.05, 4.69) is 17.0 Å². The summed E-state index contributed by atoms with van der Waals surface area (Å²) in [7, 11) is -3.78. The first-order chi connectivity index (χ1) is 13.4. The van der Waals surface area contributed by atoms with Crippen LogP contribution in [0.3, 0.4) is 0 Å². The van der Waals surface area contributed by atoms with Gasteiger partial charge in [0.2, 0.25) is 0 Å². The quantitative estimate of drug-likeness (QED) is 0.598. The van der Waals surface area contributed by atoms with Crippen molar-refractivity contribution in [1.82, 2.24) is 0 Å². The molecule has 3 rings (SSSR count). The van der Waals surface area contributed by atoms with Crippen molar-refractivity contribution in [3.8, 4) is 0 Å². The van der Waals surface area contributed by atoms with Crippen LogP contribution in [0.5, 0.6) is 0 Å². The highest BCUT2D eigenvalue weighted by atomic mass is 35.5. The van der Waals surface area contributed by atoms with Gasteiger partial charge in [-0.05, 0) is 66.6 Å². The monoisotopic (exact) mass is 414 g/mol. The first-order valence-corrected chi connectivity index (χ1v) is 10.5. The van der Waals surface area contributed by atoms with Gasteiger partial charge >= 0.3 is 0 Å². The maximum absolute atomic E-state index is 12.5. The molecule has 0 aliphatic heterocycles. The number of benzene rings is 3. The highest BCUT2D eigenvalue weighted by Crippen LogP contribution is 2.20. The van der Waals surface area contributed by atoms with Crippen molar-refractivity contribution < 1.29 is 13.2 Å². The number of sulfonamides is 1. The molecule has 0 bridgehead atoms. The first-order valence-electron chi connectivity index (χ1n) is 8.66. The van der Waals surface area contributed by atoms with Gasteiger partial charge in [-0.15, -0.1) is 0 Å². The first kappa shape index (κ1) is 19.9. The van der Waals surface area contributed by atoms with E-state index in [0.717, 1.165) is 6.42 Å². The zero-order chi connectivity index (χ0) is 20.1. The highest BCUT2D eigenvalue weighted by molar-refractivity contribution is 7.92. The van der Waals surface area contributed by atoms with Gasteiger partial charge in [0.15, 0.2) is 0 Å². The average molecular weight is 415 g/mol. The molecule has 0 aromatic heterocycles. The maximum atomic E-state index is 12.5. The topological polar surface area (TPSA) is 75.3 Å². The lowest BCUT2D eigenvalue weighted by Gasteiger charge is -2.10. The Morgan fingerprint density at radius 1 is 0.929 bits per heavy atom. The van der Waals surface area contributed by atoms with Crippen LogP contribution < -0.4 is 10.0 Å². The number of aryl methyl sites for hydroxylation is 1. The molecular weight excluding hydrogens is 396 g/mol. The number of nitrogens with one attached hydrogen (secondary N) is 2. The minimum atomic E-state index is -3.78. The summed E-state index contributed by atoms with van der Waals surface area (Å²) in [6.07, 6.45) is 0.921. The molecule has 3 aromatic rings. The van der Waals surface area contributed by atoms with E-state index >= 15 is 0 Å². The van der Waals surface area contributed by atoms with E-state index in [1.165, 1.54) is 35.9 Å². The van der Waals surface area contributed by atoms with E-state index in [1.807, 2.05) is 24.3 Å². The van der Waals surface area contributed by atoms with Crippen LogP contribution in [0.2, 0.25) is 5.02 Å². The lowest BCUT2D eigenvalue weighted by molar-refractivity contribution is 0.102. The Bertz CT molecular complexity index is 1080. The molecule has 0 aliphatic rings. The summed E-state index contributed by atoms with van der Waals surface area (Å²) in [5.74, 6) is -0.322. The van der Waals surface area contributed by atoms with Gasteiger partial charge in [-0.25, -0.2) is 8.42 Å². The van der Waals surface area contributed by atoms with Crippen molar-refractivity contribution in [3.63, 3.8) is 0 Å². The lowest BCUT2D eigenvalue weighted by Crippen LogP contribution is -2.15. The molecule has 144 valence electrons. The van der Waals surface area contributed by atoms with Gasteiger partial charge in [-0.1, -0.05) is 36.7 Å². The summed E-state index contributed by atoms with van der Waals surface area (Å²) < 4.78 is 27.5. The highest BCUT2D eigenvalue weighted by Gasteiger charge is 2.15. The zero-order valence-corrected chi connectivity index (χ0v) is 16.7. The lowest BCUT2D eigenvalue weighted by atomic mass is 10.1. The third-order valence-corrected chi connectivity index (χ3v) is 5.77. The van der Waals surface area contributed by atoms with Crippen molar-refractivity contribution in [1.29, 1.82) is 0 Å². The maximum Gasteiger partial charge on any atom is 0.261 e. The summed E-state index contributed by atoms with van der Waals surface area (Å²) in [4.78, 5) is 12.6. The second-order valence-corrected chi connectivity index (χ2v) is 8.26. The third kappa shape index (κ3) is 4.91.